The lowest BCUT2D eigenvalue weighted by Crippen LogP contribution is -2.26. The molecule has 3 aromatic rings. The third-order valence-corrected chi connectivity index (χ3v) is 5.29. The fraction of sp³-hybridized carbons (Fsp3) is 0.261. The van der Waals surface area contributed by atoms with Crippen LogP contribution >= 0.6 is 0 Å². The van der Waals surface area contributed by atoms with Gasteiger partial charge in [-0.3, -0.25) is 4.98 Å². The zero-order chi connectivity index (χ0) is 17.6. The molecular formula is C23H24N2. The lowest BCUT2D eigenvalue weighted by atomic mass is 9.82. The molecule has 2 aromatic carbocycles. The Morgan fingerprint density at radius 3 is 2.32 bits per heavy atom. The number of pyridine rings is 1. The maximum Gasteiger partial charge on any atom is 0.0599 e. The van der Waals surface area contributed by atoms with Gasteiger partial charge in [0.2, 0.25) is 0 Å². The maximum atomic E-state index is 4.31. The van der Waals surface area contributed by atoms with E-state index in [1.807, 2.05) is 18.5 Å². The number of nitrogens with zero attached hydrogens (tertiary/aromatic N) is 2. The third kappa shape index (κ3) is 2.44. The van der Waals surface area contributed by atoms with Gasteiger partial charge >= 0.3 is 0 Å². The van der Waals surface area contributed by atoms with Crippen LogP contribution in [0.15, 0.2) is 67.0 Å². The first-order chi connectivity index (χ1) is 12.0. The van der Waals surface area contributed by atoms with Crippen LogP contribution in [0.2, 0.25) is 0 Å². The van der Waals surface area contributed by atoms with Gasteiger partial charge in [-0.05, 0) is 60.4 Å². The number of rotatable bonds is 3. The van der Waals surface area contributed by atoms with Crippen molar-refractivity contribution in [3.63, 3.8) is 0 Å². The molecule has 0 radical (unpaired) electrons. The van der Waals surface area contributed by atoms with E-state index in [1.54, 1.807) is 0 Å². The summed E-state index contributed by atoms with van der Waals surface area (Å²) >= 11 is 0. The van der Waals surface area contributed by atoms with E-state index in [2.05, 4.69) is 86.1 Å². The third-order valence-electron chi connectivity index (χ3n) is 5.29. The summed E-state index contributed by atoms with van der Waals surface area (Å²) in [5, 5.41) is 0. The van der Waals surface area contributed by atoms with Crippen LogP contribution in [0.3, 0.4) is 0 Å². The molecule has 25 heavy (non-hydrogen) atoms. The Morgan fingerprint density at radius 1 is 0.840 bits per heavy atom. The summed E-state index contributed by atoms with van der Waals surface area (Å²) in [4.78, 5) is 6.66. The highest BCUT2D eigenvalue weighted by molar-refractivity contribution is 5.83. The van der Waals surface area contributed by atoms with E-state index in [4.69, 9.17) is 0 Å². The van der Waals surface area contributed by atoms with E-state index in [-0.39, 0.29) is 5.41 Å². The van der Waals surface area contributed by atoms with Crippen molar-refractivity contribution < 1.29 is 0 Å². The minimum absolute atomic E-state index is 0.0273. The van der Waals surface area contributed by atoms with Crippen LogP contribution in [0, 0.1) is 0 Å². The molecule has 1 aliphatic rings. The minimum Gasteiger partial charge on any atom is -0.338 e. The number of benzene rings is 2. The number of hydrogen-bond acceptors (Lipinski definition) is 2. The normalized spacial score (nSPS) is 14.3. The molecule has 2 nitrogen and oxygen atoms in total. The number of hydrogen-bond donors (Lipinski definition) is 0. The summed E-state index contributed by atoms with van der Waals surface area (Å²) in [6.45, 7) is 9.09. The summed E-state index contributed by atoms with van der Waals surface area (Å²) in [6.07, 6.45) is 3.76. The first-order valence-electron chi connectivity index (χ1n) is 8.94. The predicted octanol–water partition coefficient (Wildman–Crippen LogP) is 5.93. The molecule has 0 bridgehead atoms. The van der Waals surface area contributed by atoms with Crippen molar-refractivity contribution in [2.45, 2.75) is 39.2 Å². The first-order valence-corrected chi connectivity index (χ1v) is 8.94. The van der Waals surface area contributed by atoms with E-state index in [9.17, 15) is 0 Å². The predicted molar refractivity (Wildman–Crippen MR) is 106 cm³/mol. The number of aromatic nitrogens is 1. The molecule has 0 atom stereocenters. The highest BCUT2D eigenvalue weighted by Gasteiger charge is 2.35. The van der Waals surface area contributed by atoms with Gasteiger partial charge in [0, 0.05) is 23.3 Å². The van der Waals surface area contributed by atoms with Crippen molar-refractivity contribution >= 4 is 11.4 Å². The molecule has 0 unspecified atom stereocenters. The molecule has 1 heterocycles. The second-order valence-electron chi connectivity index (χ2n) is 7.58. The van der Waals surface area contributed by atoms with E-state index in [0.29, 0.717) is 6.04 Å². The molecule has 1 aliphatic carbocycles. The summed E-state index contributed by atoms with van der Waals surface area (Å²) < 4.78 is 0. The van der Waals surface area contributed by atoms with Crippen LogP contribution in [-0.2, 0) is 5.41 Å². The fourth-order valence-corrected chi connectivity index (χ4v) is 4.08. The van der Waals surface area contributed by atoms with Crippen molar-refractivity contribution in [1.29, 1.82) is 0 Å². The summed E-state index contributed by atoms with van der Waals surface area (Å²) in [6, 6.07) is 20.1. The van der Waals surface area contributed by atoms with Gasteiger partial charge in [0.15, 0.2) is 0 Å². The maximum absolute atomic E-state index is 4.31. The Hall–Kier alpha value is -2.61. The van der Waals surface area contributed by atoms with Gasteiger partial charge in [-0.15, -0.1) is 0 Å². The average molecular weight is 328 g/mol. The summed E-state index contributed by atoms with van der Waals surface area (Å²) in [5.41, 5.74) is 7.93. The van der Waals surface area contributed by atoms with Crippen LogP contribution in [0.1, 0.15) is 38.8 Å². The van der Waals surface area contributed by atoms with Gasteiger partial charge in [0.25, 0.3) is 0 Å². The van der Waals surface area contributed by atoms with E-state index in [0.717, 1.165) is 5.69 Å². The first kappa shape index (κ1) is 15.9. The van der Waals surface area contributed by atoms with Crippen LogP contribution in [0.25, 0.3) is 11.1 Å². The zero-order valence-corrected chi connectivity index (χ0v) is 15.3. The summed E-state index contributed by atoms with van der Waals surface area (Å²) in [5.74, 6) is 0. The van der Waals surface area contributed by atoms with Crippen molar-refractivity contribution in [2.75, 3.05) is 4.90 Å². The van der Waals surface area contributed by atoms with E-state index in [1.165, 1.54) is 27.9 Å². The molecule has 0 aliphatic heterocycles. The molecular weight excluding hydrogens is 304 g/mol. The van der Waals surface area contributed by atoms with E-state index >= 15 is 0 Å². The lowest BCUT2D eigenvalue weighted by molar-refractivity contribution is 0.659. The molecule has 0 saturated carbocycles. The van der Waals surface area contributed by atoms with Gasteiger partial charge < -0.3 is 4.90 Å². The molecule has 2 heteroatoms. The average Bonchev–Trinajstić information content (AvgIpc) is 2.84. The Kier molecular flexibility index (Phi) is 3.64. The Bertz CT molecular complexity index is 910. The number of fused-ring (bicyclic) bond motifs is 3. The molecule has 1 aromatic heterocycles. The van der Waals surface area contributed by atoms with Crippen molar-refractivity contribution in [3.05, 3.63) is 78.1 Å². The Morgan fingerprint density at radius 2 is 1.60 bits per heavy atom. The molecule has 0 spiro atoms. The van der Waals surface area contributed by atoms with Crippen LogP contribution in [0.5, 0.6) is 0 Å². The fourth-order valence-electron chi connectivity index (χ4n) is 4.08. The molecule has 4 rings (SSSR count). The zero-order valence-electron chi connectivity index (χ0n) is 15.3. The highest BCUT2D eigenvalue weighted by Crippen LogP contribution is 2.49. The van der Waals surface area contributed by atoms with Crippen LogP contribution in [-0.4, -0.2) is 11.0 Å². The Labute approximate surface area is 150 Å². The standard InChI is InChI=1S/C23H24N2/c1-16(2)25(18-8-7-13-24-15-18)17-11-12-20-19-9-5-6-10-21(19)23(3,4)22(20)14-17/h5-16H,1-4H3. The highest BCUT2D eigenvalue weighted by atomic mass is 15.2. The van der Waals surface area contributed by atoms with Crippen molar-refractivity contribution in [2.24, 2.45) is 0 Å². The SMILES string of the molecule is CC(C)N(c1cccnc1)c1ccc2c(c1)C(C)(C)c1ccccc1-2. The van der Waals surface area contributed by atoms with Gasteiger partial charge in [0.1, 0.15) is 0 Å². The minimum atomic E-state index is 0.0273. The Balaban J connectivity index is 1.86. The lowest BCUT2D eigenvalue weighted by Gasteiger charge is -2.30. The monoisotopic (exact) mass is 328 g/mol. The van der Waals surface area contributed by atoms with Gasteiger partial charge in [-0.2, -0.15) is 0 Å². The van der Waals surface area contributed by atoms with Crippen molar-refractivity contribution in [1.82, 2.24) is 4.98 Å². The van der Waals surface area contributed by atoms with Crippen LogP contribution < -0.4 is 4.90 Å². The van der Waals surface area contributed by atoms with Gasteiger partial charge in [-0.25, -0.2) is 0 Å². The van der Waals surface area contributed by atoms with Crippen molar-refractivity contribution in [3.8, 4) is 11.1 Å². The topological polar surface area (TPSA) is 16.1 Å². The molecule has 0 amide bonds. The smallest absolute Gasteiger partial charge is 0.0599 e. The van der Waals surface area contributed by atoms with Gasteiger partial charge in [-0.1, -0.05) is 44.2 Å². The number of anilines is 2. The van der Waals surface area contributed by atoms with Crippen LogP contribution in [0.4, 0.5) is 11.4 Å². The molecule has 126 valence electrons. The molecule has 0 N–H and O–H groups in total. The van der Waals surface area contributed by atoms with Gasteiger partial charge in [0.05, 0.1) is 11.9 Å². The molecule has 0 fully saturated rings. The largest absolute Gasteiger partial charge is 0.338 e. The molecule has 0 saturated heterocycles. The second-order valence-corrected chi connectivity index (χ2v) is 7.58. The van der Waals surface area contributed by atoms with E-state index < -0.39 is 0 Å². The second kappa shape index (κ2) is 5.73. The summed E-state index contributed by atoms with van der Waals surface area (Å²) in [7, 11) is 0. The quantitative estimate of drug-likeness (QED) is 0.592.